The molecule has 0 radical (unpaired) electrons. The van der Waals surface area contributed by atoms with Gasteiger partial charge in [0.1, 0.15) is 17.3 Å². The van der Waals surface area contributed by atoms with Crippen molar-refractivity contribution in [1.29, 1.82) is 0 Å². The van der Waals surface area contributed by atoms with E-state index in [9.17, 15) is 9.18 Å². The molecule has 2 aromatic carbocycles. The van der Waals surface area contributed by atoms with Crippen LogP contribution < -0.4 is 5.32 Å². The fourth-order valence-electron chi connectivity index (χ4n) is 3.23. The van der Waals surface area contributed by atoms with Gasteiger partial charge in [0.25, 0.3) is 5.91 Å². The third kappa shape index (κ3) is 3.96. The van der Waals surface area contributed by atoms with Gasteiger partial charge < -0.3 is 9.73 Å². The number of benzene rings is 2. The van der Waals surface area contributed by atoms with Gasteiger partial charge in [0.05, 0.1) is 16.9 Å². The molecule has 4 aromatic rings. The Labute approximate surface area is 167 Å². The predicted octanol–water partition coefficient (Wildman–Crippen LogP) is 4.82. The van der Waals surface area contributed by atoms with Crippen molar-refractivity contribution in [2.45, 2.75) is 20.4 Å². The summed E-state index contributed by atoms with van der Waals surface area (Å²) in [6, 6.07) is 17.6. The number of rotatable bonds is 5. The molecule has 0 saturated heterocycles. The molecule has 0 aliphatic rings. The number of furan rings is 1. The number of carbonyl (C=O) groups is 1. The van der Waals surface area contributed by atoms with Crippen molar-refractivity contribution in [3.63, 3.8) is 0 Å². The van der Waals surface area contributed by atoms with Crippen LogP contribution in [0.3, 0.4) is 0 Å². The molecule has 1 amide bonds. The average molecular weight is 389 g/mol. The van der Waals surface area contributed by atoms with E-state index in [-0.39, 0.29) is 18.3 Å². The molecule has 29 heavy (non-hydrogen) atoms. The maximum atomic E-state index is 13.4. The summed E-state index contributed by atoms with van der Waals surface area (Å²) in [4.78, 5) is 12.6. The summed E-state index contributed by atoms with van der Waals surface area (Å²) in [5.74, 6) is 0.754. The average Bonchev–Trinajstić information content (AvgIpc) is 3.30. The molecule has 1 N–H and O–H groups in total. The number of hydrogen-bond acceptors (Lipinski definition) is 3. The van der Waals surface area contributed by atoms with Crippen LogP contribution in [0, 0.1) is 19.7 Å². The Morgan fingerprint density at radius 1 is 1.10 bits per heavy atom. The van der Waals surface area contributed by atoms with Gasteiger partial charge in [0.2, 0.25) is 0 Å². The zero-order valence-corrected chi connectivity index (χ0v) is 16.1. The van der Waals surface area contributed by atoms with E-state index in [1.165, 1.54) is 12.1 Å². The molecule has 0 atom stereocenters. The van der Waals surface area contributed by atoms with E-state index in [0.717, 1.165) is 16.8 Å². The highest BCUT2D eigenvalue weighted by atomic mass is 19.1. The lowest BCUT2D eigenvalue weighted by molar-refractivity contribution is 0.0949. The molecule has 0 fully saturated rings. The molecule has 2 aromatic heterocycles. The molecule has 4 rings (SSSR count). The van der Waals surface area contributed by atoms with Crippen molar-refractivity contribution in [2.24, 2.45) is 0 Å². The molecule has 0 unspecified atom stereocenters. The Morgan fingerprint density at radius 3 is 2.48 bits per heavy atom. The van der Waals surface area contributed by atoms with Gasteiger partial charge >= 0.3 is 0 Å². The third-order valence-corrected chi connectivity index (χ3v) is 4.65. The molecule has 0 bridgehead atoms. The van der Waals surface area contributed by atoms with Crippen LogP contribution in [0.5, 0.6) is 0 Å². The monoisotopic (exact) mass is 389 g/mol. The number of nitrogens with one attached hydrogen (secondary N) is 1. The Bertz CT molecular complexity index is 1140. The van der Waals surface area contributed by atoms with Crippen LogP contribution in [0.1, 0.15) is 27.4 Å². The van der Waals surface area contributed by atoms with Crippen LogP contribution >= 0.6 is 0 Å². The lowest BCUT2D eigenvalue weighted by Gasteiger charge is -2.05. The number of aromatic nitrogens is 2. The Kier molecular flexibility index (Phi) is 4.99. The normalized spacial score (nSPS) is 10.9. The van der Waals surface area contributed by atoms with Crippen LogP contribution in [-0.2, 0) is 6.54 Å². The Hall–Kier alpha value is -3.67. The zero-order valence-electron chi connectivity index (χ0n) is 16.1. The first-order chi connectivity index (χ1) is 14.0. The first kappa shape index (κ1) is 18.7. The first-order valence-corrected chi connectivity index (χ1v) is 9.26. The van der Waals surface area contributed by atoms with Crippen molar-refractivity contribution in [2.75, 3.05) is 0 Å². The van der Waals surface area contributed by atoms with Gasteiger partial charge in [-0.2, -0.15) is 5.10 Å². The van der Waals surface area contributed by atoms with Crippen LogP contribution in [0.2, 0.25) is 0 Å². The molecule has 146 valence electrons. The number of halogens is 1. The van der Waals surface area contributed by atoms with E-state index in [2.05, 4.69) is 10.4 Å². The number of amides is 1. The third-order valence-electron chi connectivity index (χ3n) is 4.65. The largest absolute Gasteiger partial charge is 0.466 e. The summed E-state index contributed by atoms with van der Waals surface area (Å²) < 4.78 is 20.6. The second-order valence-corrected chi connectivity index (χ2v) is 6.80. The lowest BCUT2D eigenvalue weighted by Crippen LogP contribution is -2.23. The van der Waals surface area contributed by atoms with Gasteiger partial charge in [0, 0.05) is 23.9 Å². The van der Waals surface area contributed by atoms with Crippen molar-refractivity contribution in [3.8, 4) is 16.9 Å². The maximum Gasteiger partial charge on any atom is 0.255 e. The first-order valence-electron chi connectivity index (χ1n) is 9.26. The van der Waals surface area contributed by atoms with Crippen molar-refractivity contribution in [3.05, 3.63) is 95.3 Å². The summed E-state index contributed by atoms with van der Waals surface area (Å²) in [5, 5.41) is 7.61. The quantitative estimate of drug-likeness (QED) is 0.532. The molecule has 0 saturated carbocycles. The molecule has 2 heterocycles. The van der Waals surface area contributed by atoms with Gasteiger partial charge in [-0.15, -0.1) is 0 Å². The van der Waals surface area contributed by atoms with E-state index >= 15 is 0 Å². The van der Waals surface area contributed by atoms with Crippen LogP contribution in [0.4, 0.5) is 4.39 Å². The molecule has 0 aliphatic heterocycles. The Balaban J connectivity index is 1.65. The van der Waals surface area contributed by atoms with E-state index in [4.69, 9.17) is 4.42 Å². The summed E-state index contributed by atoms with van der Waals surface area (Å²) in [6.45, 7) is 3.85. The van der Waals surface area contributed by atoms with Crippen LogP contribution in [-0.4, -0.2) is 15.7 Å². The number of nitrogens with zero attached hydrogens (tertiary/aromatic N) is 2. The number of aryl methyl sites for hydroxylation is 2. The van der Waals surface area contributed by atoms with E-state index in [1.54, 1.807) is 36.7 Å². The summed E-state index contributed by atoms with van der Waals surface area (Å²) in [7, 11) is 0. The molecule has 0 aliphatic carbocycles. The predicted molar refractivity (Wildman–Crippen MR) is 108 cm³/mol. The highest BCUT2D eigenvalue weighted by Crippen LogP contribution is 2.24. The minimum Gasteiger partial charge on any atom is -0.466 e. The standard InChI is InChI=1S/C23H20FN3O2/c1-15-12-21(16(2)29-15)23(28)25-13-18-14-27(20-6-4-3-5-7-20)26-22(18)17-8-10-19(24)11-9-17/h3-12,14H,13H2,1-2H3,(H,25,28). The van der Waals surface area contributed by atoms with E-state index < -0.39 is 0 Å². The van der Waals surface area contributed by atoms with Gasteiger partial charge in [-0.25, -0.2) is 9.07 Å². The SMILES string of the molecule is Cc1cc(C(=O)NCc2cn(-c3ccccc3)nc2-c2ccc(F)cc2)c(C)o1. The van der Waals surface area contributed by atoms with Crippen LogP contribution in [0.15, 0.2) is 71.3 Å². The lowest BCUT2D eigenvalue weighted by atomic mass is 10.1. The van der Waals surface area contributed by atoms with Gasteiger partial charge in [-0.05, 0) is 56.3 Å². The molecular weight excluding hydrogens is 369 g/mol. The molecular formula is C23H20FN3O2. The van der Waals surface area contributed by atoms with Crippen molar-refractivity contribution in [1.82, 2.24) is 15.1 Å². The van der Waals surface area contributed by atoms with Crippen molar-refractivity contribution >= 4 is 5.91 Å². The van der Waals surface area contributed by atoms with Gasteiger partial charge in [-0.1, -0.05) is 18.2 Å². The van der Waals surface area contributed by atoms with Gasteiger partial charge in [0.15, 0.2) is 0 Å². The molecule has 5 nitrogen and oxygen atoms in total. The summed E-state index contributed by atoms with van der Waals surface area (Å²) >= 11 is 0. The maximum absolute atomic E-state index is 13.4. The number of para-hydroxylation sites is 1. The summed E-state index contributed by atoms with van der Waals surface area (Å²) in [6.07, 6.45) is 1.88. The molecule has 0 spiro atoms. The number of carbonyl (C=O) groups excluding carboxylic acids is 1. The zero-order chi connectivity index (χ0) is 20.4. The highest BCUT2D eigenvalue weighted by Gasteiger charge is 2.16. The second kappa shape index (κ2) is 7.75. The van der Waals surface area contributed by atoms with E-state index in [1.807, 2.05) is 36.5 Å². The second-order valence-electron chi connectivity index (χ2n) is 6.80. The van der Waals surface area contributed by atoms with E-state index in [0.29, 0.717) is 22.8 Å². The smallest absolute Gasteiger partial charge is 0.255 e. The minimum absolute atomic E-state index is 0.211. The minimum atomic E-state index is -0.308. The Morgan fingerprint density at radius 2 is 1.83 bits per heavy atom. The van der Waals surface area contributed by atoms with Crippen LogP contribution in [0.25, 0.3) is 16.9 Å². The fraction of sp³-hybridized carbons (Fsp3) is 0.130. The summed E-state index contributed by atoms with van der Waals surface area (Å²) in [5.41, 5.74) is 3.71. The van der Waals surface area contributed by atoms with Gasteiger partial charge in [-0.3, -0.25) is 4.79 Å². The molecule has 6 heteroatoms. The topological polar surface area (TPSA) is 60.1 Å². The van der Waals surface area contributed by atoms with Crippen molar-refractivity contribution < 1.29 is 13.6 Å². The number of hydrogen-bond donors (Lipinski definition) is 1. The fourth-order valence-corrected chi connectivity index (χ4v) is 3.23. The highest BCUT2D eigenvalue weighted by molar-refractivity contribution is 5.95.